The first-order valence-corrected chi connectivity index (χ1v) is 5.28. The van der Waals surface area contributed by atoms with Gasteiger partial charge in [-0.05, 0) is 19.1 Å². The van der Waals surface area contributed by atoms with Crippen molar-refractivity contribution in [2.24, 2.45) is 0 Å². The molecule has 0 aliphatic heterocycles. The van der Waals surface area contributed by atoms with Crippen molar-refractivity contribution in [3.63, 3.8) is 0 Å². The first-order valence-electron chi connectivity index (χ1n) is 5.28. The van der Waals surface area contributed by atoms with Crippen LogP contribution in [0.1, 0.15) is 21.7 Å². The molecule has 0 aliphatic rings. The monoisotopic (exact) mass is 248 g/mol. The van der Waals surface area contributed by atoms with Gasteiger partial charge >= 0.3 is 0 Å². The number of aromatic nitrogens is 2. The highest BCUT2D eigenvalue weighted by atomic mass is 16.6. The minimum atomic E-state index is 0.184. The van der Waals surface area contributed by atoms with Gasteiger partial charge in [-0.2, -0.15) is 0 Å². The van der Waals surface area contributed by atoms with E-state index in [9.17, 15) is 4.79 Å². The summed E-state index contributed by atoms with van der Waals surface area (Å²) in [6, 6.07) is 4.97. The second-order valence-electron chi connectivity index (χ2n) is 3.61. The first-order chi connectivity index (χ1) is 8.74. The Hall–Kier alpha value is -2.37. The number of rotatable bonds is 5. The Morgan fingerprint density at radius 1 is 1.39 bits per heavy atom. The number of aryl methyl sites for hydroxylation is 1. The molecule has 18 heavy (non-hydrogen) atoms. The van der Waals surface area contributed by atoms with Gasteiger partial charge in [0.25, 0.3) is 0 Å². The zero-order valence-electron chi connectivity index (χ0n) is 10.0. The second kappa shape index (κ2) is 5.31. The Kier molecular flexibility index (Phi) is 3.57. The smallest absolute Gasteiger partial charge is 0.153 e. The highest BCUT2D eigenvalue weighted by molar-refractivity contribution is 5.79. The Morgan fingerprint density at radius 2 is 2.22 bits per heavy atom. The van der Waals surface area contributed by atoms with Crippen LogP contribution in [0.4, 0.5) is 0 Å². The topological polar surface area (TPSA) is 74.5 Å². The number of ether oxygens (including phenoxy) is 2. The molecule has 2 rings (SSSR count). The highest BCUT2D eigenvalue weighted by Crippen LogP contribution is 2.24. The maximum absolute atomic E-state index is 10.9. The predicted octanol–water partition coefficient (Wildman–Crippen LogP) is 1.78. The molecule has 0 aliphatic carbocycles. The van der Waals surface area contributed by atoms with Crippen LogP contribution in [0.2, 0.25) is 0 Å². The average Bonchev–Trinajstić information content (AvgIpc) is 2.81. The highest BCUT2D eigenvalue weighted by Gasteiger charge is 2.09. The molecule has 94 valence electrons. The molecule has 1 aromatic carbocycles. The SMILES string of the molecule is COc1ccc(C=O)c(OCc2nonc2C)c1. The lowest BCUT2D eigenvalue weighted by Crippen LogP contribution is -2.00. The fourth-order valence-electron chi connectivity index (χ4n) is 1.39. The van der Waals surface area contributed by atoms with Crippen LogP contribution in [0.15, 0.2) is 22.8 Å². The molecular weight excluding hydrogens is 236 g/mol. The zero-order chi connectivity index (χ0) is 13.0. The van der Waals surface area contributed by atoms with Gasteiger partial charge in [0, 0.05) is 6.07 Å². The van der Waals surface area contributed by atoms with E-state index in [2.05, 4.69) is 14.9 Å². The van der Waals surface area contributed by atoms with Crippen molar-refractivity contribution in [1.82, 2.24) is 10.3 Å². The average molecular weight is 248 g/mol. The van der Waals surface area contributed by atoms with E-state index < -0.39 is 0 Å². The Balaban J connectivity index is 2.17. The Labute approximate surface area is 103 Å². The lowest BCUT2D eigenvalue weighted by molar-refractivity contribution is 0.111. The van der Waals surface area contributed by atoms with Gasteiger partial charge in [0.2, 0.25) is 0 Å². The minimum absolute atomic E-state index is 0.184. The van der Waals surface area contributed by atoms with E-state index in [-0.39, 0.29) is 6.61 Å². The number of carbonyl (C=O) groups excluding carboxylic acids is 1. The molecule has 0 N–H and O–H groups in total. The number of hydrogen-bond donors (Lipinski definition) is 0. The van der Waals surface area contributed by atoms with Crippen LogP contribution in [0.3, 0.4) is 0 Å². The van der Waals surface area contributed by atoms with Gasteiger partial charge in [-0.3, -0.25) is 4.79 Å². The predicted molar refractivity (Wildman–Crippen MR) is 61.7 cm³/mol. The van der Waals surface area contributed by atoms with Crippen LogP contribution in [-0.4, -0.2) is 23.7 Å². The molecule has 6 nitrogen and oxygen atoms in total. The summed E-state index contributed by atoms with van der Waals surface area (Å²) >= 11 is 0. The summed E-state index contributed by atoms with van der Waals surface area (Å²) < 4.78 is 15.2. The van der Waals surface area contributed by atoms with Crippen molar-refractivity contribution in [3.8, 4) is 11.5 Å². The first kappa shape index (κ1) is 12.1. The van der Waals surface area contributed by atoms with E-state index in [1.165, 1.54) is 0 Å². The van der Waals surface area contributed by atoms with E-state index in [0.29, 0.717) is 28.5 Å². The normalized spacial score (nSPS) is 10.1. The molecule has 0 spiro atoms. The zero-order valence-corrected chi connectivity index (χ0v) is 10.0. The molecule has 0 fully saturated rings. The molecule has 1 heterocycles. The van der Waals surface area contributed by atoms with Gasteiger partial charge in [-0.25, -0.2) is 4.63 Å². The summed E-state index contributed by atoms with van der Waals surface area (Å²) in [5.41, 5.74) is 1.70. The molecule has 2 aromatic rings. The lowest BCUT2D eigenvalue weighted by Gasteiger charge is -2.08. The Bertz CT molecular complexity index is 551. The van der Waals surface area contributed by atoms with Crippen LogP contribution < -0.4 is 9.47 Å². The largest absolute Gasteiger partial charge is 0.497 e. The number of nitrogens with zero attached hydrogens (tertiary/aromatic N) is 2. The van der Waals surface area contributed by atoms with E-state index in [0.717, 1.165) is 6.29 Å². The Morgan fingerprint density at radius 3 is 2.83 bits per heavy atom. The van der Waals surface area contributed by atoms with Gasteiger partial charge in [-0.15, -0.1) is 0 Å². The molecule has 0 amide bonds. The summed E-state index contributed by atoms with van der Waals surface area (Å²) in [5.74, 6) is 1.05. The van der Waals surface area contributed by atoms with Crippen molar-refractivity contribution in [1.29, 1.82) is 0 Å². The summed E-state index contributed by atoms with van der Waals surface area (Å²) in [7, 11) is 1.55. The van der Waals surface area contributed by atoms with Crippen molar-refractivity contribution in [2.75, 3.05) is 7.11 Å². The maximum Gasteiger partial charge on any atom is 0.153 e. The molecular formula is C12H12N2O4. The maximum atomic E-state index is 10.9. The van der Waals surface area contributed by atoms with Gasteiger partial charge < -0.3 is 9.47 Å². The molecule has 0 saturated heterocycles. The number of benzene rings is 1. The van der Waals surface area contributed by atoms with E-state index >= 15 is 0 Å². The quantitative estimate of drug-likeness (QED) is 0.751. The third-order valence-electron chi connectivity index (χ3n) is 2.46. The fraction of sp³-hybridized carbons (Fsp3) is 0.250. The van der Waals surface area contributed by atoms with Crippen LogP contribution in [0.25, 0.3) is 0 Å². The number of aldehydes is 1. The summed E-state index contributed by atoms with van der Waals surface area (Å²) in [5, 5.41) is 7.34. The molecule has 0 unspecified atom stereocenters. The number of methoxy groups -OCH3 is 1. The van der Waals surface area contributed by atoms with Crippen LogP contribution in [-0.2, 0) is 6.61 Å². The standard InChI is InChI=1S/C12H12N2O4/c1-8-11(14-18-13-8)7-17-12-5-10(16-2)4-3-9(12)6-15/h3-6H,7H2,1-2H3. The summed E-state index contributed by atoms with van der Waals surface area (Å²) in [6.45, 7) is 1.95. The van der Waals surface area contributed by atoms with E-state index in [1.807, 2.05) is 0 Å². The molecule has 0 saturated carbocycles. The van der Waals surface area contributed by atoms with Crippen LogP contribution in [0, 0.1) is 6.92 Å². The van der Waals surface area contributed by atoms with Crippen LogP contribution >= 0.6 is 0 Å². The van der Waals surface area contributed by atoms with Crippen molar-refractivity contribution >= 4 is 6.29 Å². The summed E-state index contributed by atoms with van der Waals surface area (Å²) in [4.78, 5) is 10.9. The van der Waals surface area contributed by atoms with E-state index in [1.54, 1.807) is 32.2 Å². The molecule has 0 bridgehead atoms. The summed E-state index contributed by atoms with van der Waals surface area (Å²) in [6.07, 6.45) is 0.725. The van der Waals surface area contributed by atoms with Gasteiger partial charge in [0.1, 0.15) is 29.5 Å². The van der Waals surface area contributed by atoms with Gasteiger partial charge in [0.15, 0.2) is 6.29 Å². The van der Waals surface area contributed by atoms with Gasteiger partial charge in [0.05, 0.1) is 12.7 Å². The van der Waals surface area contributed by atoms with Crippen LogP contribution in [0.5, 0.6) is 11.5 Å². The number of hydrogen-bond acceptors (Lipinski definition) is 6. The molecule has 0 radical (unpaired) electrons. The molecule has 1 aromatic heterocycles. The molecule has 6 heteroatoms. The van der Waals surface area contributed by atoms with E-state index in [4.69, 9.17) is 9.47 Å². The minimum Gasteiger partial charge on any atom is -0.497 e. The lowest BCUT2D eigenvalue weighted by atomic mass is 10.2. The molecule has 0 atom stereocenters. The fourth-order valence-corrected chi connectivity index (χ4v) is 1.39. The van der Waals surface area contributed by atoms with Crippen molar-refractivity contribution < 1.29 is 18.9 Å². The van der Waals surface area contributed by atoms with Crippen molar-refractivity contribution in [3.05, 3.63) is 35.2 Å². The second-order valence-corrected chi connectivity index (χ2v) is 3.61. The number of carbonyl (C=O) groups is 1. The van der Waals surface area contributed by atoms with Gasteiger partial charge in [-0.1, -0.05) is 10.3 Å². The third kappa shape index (κ3) is 2.48. The third-order valence-corrected chi connectivity index (χ3v) is 2.46. The van der Waals surface area contributed by atoms with Crippen molar-refractivity contribution in [2.45, 2.75) is 13.5 Å².